The Morgan fingerprint density at radius 1 is 1.47 bits per heavy atom. The Morgan fingerprint density at radius 3 is 2.95 bits per heavy atom. The fraction of sp³-hybridized carbons (Fsp3) is 0.312. The molecule has 0 saturated heterocycles. The number of hydrogen-bond donors (Lipinski definition) is 0. The number of rotatable bonds is 3. The van der Waals surface area contributed by atoms with Gasteiger partial charge in [-0.05, 0) is 24.0 Å². The van der Waals surface area contributed by atoms with Crippen molar-refractivity contribution in [2.24, 2.45) is 0 Å². The first-order valence-electron chi connectivity index (χ1n) is 6.43. The second-order valence-electron chi connectivity index (χ2n) is 4.75. The lowest BCUT2D eigenvalue weighted by atomic mass is 9.95. The molecule has 0 fully saturated rings. The first kappa shape index (κ1) is 13.4. The van der Waals surface area contributed by atoms with Gasteiger partial charge < -0.3 is 9.64 Å². The minimum Gasteiger partial charge on any atom is -0.426 e. The Labute approximate surface area is 114 Å². The second kappa shape index (κ2) is 5.74. The van der Waals surface area contributed by atoms with Crippen LogP contribution in [0.4, 0.5) is 0 Å². The average Bonchev–Trinajstić information content (AvgIpc) is 2.71. The quantitative estimate of drug-likeness (QED) is 0.575. The van der Waals surface area contributed by atoms with Crippen molar-refractivity contribution < 1.29 is 9.53 Å². The Hall–Kier alpha value is -2.03. The molecule has 0 bridgehead atoms. The lowest BCUT2D eigenvalue weighted by molar-refractivity contribution is -0.136. The smallest absolute Gasteiger partial charge is 0.308 e. The van der Waals surface area contributed by atoms with Crippen LogP contribution in [0, 0.1) is 0 Å². The van der Waals surface area contributed by atoms with Crippen LogP contribution in [0.3, 0.4) is 0 Å². The van der Waals surface area contributed by atoms with Crippen molar-refractivity contribution in [3.05, 3.63) is 59.6 Å². The van der Waals surface area contributed by atoms with Gasteiger partial charge in [0, 0.05) is 32.3 Å². The van der Waals surface area contributed by atoms with E-state index in [1.54, 1.807) is 6.08 Å². The van der Waals surface area contributed by atoms with Crippen molar-refractivity contribution in [3.8, 4) is 0 Å². The molecule has 0 aromatic heterocycles. The highest BCUT2D eigenvalue weighted by molar-refractivity contribution is 5.69. The van der Waals surface area contributed by atoms with Crippen molar-refractivity contribution in [2.75, 3.05) is 13.6 Å². The summed E-state index contributed by atoms with van der Waals surface area (Å²) in [7, 11) is 2.07. The molecule has 0 spiro atoms. The number of hydrogen-bond acceptors (Lipinski definition) is 3. The molecule has 0 aromatic rings. The maximum absolute atomic E-state index is 11.2. The van der Waals surface area contributed by atoms with E-state index in [0.717, 1.165) is 25.0 Å². The zero-order valence-electron chi connectivity index (χ0n) is 11.5. The largest absolute Gasteiger partial charge is 0.426 e. The summed E-state index contributed by atoms with van der Waals surface area (Å²) in [6, 6.07) is 0. The Bertz CT molecular complexity index is 521. The summed E-state index contributed by atoms with van der Waals surface area (Å²) in [5.74, 6) is 0.378. The maximum atomic E-state index is 11.2. The molecule has 0 aromatic carbocycles. The summed E-state index contributed by atoms with van der Waals surface area (Å²) in [5, 5.41) is 0. The van der Waals surface area contributed by atoms with Crippen LogP contribution in [0.15, 0.2) is 59.6 Å². The van der Waals surface area contributed by atoms with Gasteiger partial charge in [-0.15, -0.1) is 0 Å². The highest BCUT2D eigenvalue weighted by Crippen LogP contribution is 2.36. The highest BCUT2D eigenvalue weighted by Gasteiger charge is 2.25. The fourth-order valence-corrected chi connectivity index (χ4v) is 2.39. The Balaban J connectivity index is 2.31. The van der Waals surface area contributed by atoms with Gasteiger partial charge in [-0.2, -0.15) is 0 Å². The van der Waals surface area contributed by atoms with Crippen LogP contribution in [0.1, 0.15) is 19.8 Å². The third-order valence-electron chi connectivity index (χ3n) is 3.31. The van der Waals surface area contributed by atoms with Crippen molar-refractivity contribution in [3.63, 3.8) is 0 Å². The second-order valence-corrected chi connectivity index (χ2v) is 4.75. The summed E-state index contributed by atoms with van der Waals surface area (Å²) < 4.78 is 5.32. The minimum absolute atomic E-state index is 0.283. The van der Waals surface area contributed by atoms with Crippen molar-refractivity contribution >= 4 is 5.97 Å². The molecular formula is C16H19NO2. The van der Waals surface area contributed by atoms with Gasteiger partial charge in [0.1, 0.15) is 5.76 Å². The molecule has 2 rings (SSSR count). The van der Waals surface area contributed by atoms with E-state index in [4.69, 9.17) is 4.74 Å². The Morgan fingerprint density at radius 2 is 2.26 bits per heavy atom. The van der Waals surface area contributed by atoms with Crippen LogP contribution in [-0.2, 0) is 9.53 Å². The minimum atomic E-state index is -0.283. The fourth-order valence-electron chi connectivity index (χ4n) is 2.39. The lowest BCUT2D eigenvalue weighted by Crippen LogP contribution is -2.14. The molecule has 0 amide bonds. The van der Waals surface area contributed by atoms with Gasteiger partial charge >= 0.3 is 5.97 Å². The molecule has 0 radical (unpaired) electrons. The van der Waals surface area contributed by atoms with Crippen molar-refractivity contribution in [1.29, 1.82) is 0 Å². The van der Waals surface area contributed by atoms with E-state index in [0.29, 0.717) is 5.76 Å². The van der Waals surface area contributed by atoms with Crippen LogP contribution in [0.5, 0.6) is 0 Å². The summed E-state index contributed by atoms with van der Waals surface area (Å²) in [4.78, 5) is 13.4. The number of carbonyl (C=O) groups is 1. The van der Waals surface area contributed by atoms with Gasteiger partial charge in [0.2, 0.25) is 0 Å². The number of likely N-dealkylation sites (N-methyl/N-ethyl adjacent to an activating group) is 1. The maximum Gasteiger partial charge on any atom is 0.308 e. The predicted molar refractivity (Wildman–Crippen MR) is 76.2 cm³/mol. The van der Waals surface area contributed by atoms with Crippen LogP contribution in [0.2, 0.25) is 0 Å². The normalized spacial score (nSPS) is 20.8. The SMILES string of the molecule is C=C/C=C\C=C1/CC2=C(C=C1OC(C)=O)N(C)CC2. The lowest BCUT2D eigenvalue weighted by Gasteiger charge is -2.21. The van der Waals surface area contributed by atoms with Crippen molar-refractivity contribution in [2.45, 2.75) is 19.8 Å². The molecule has 3 heteroatoms. The van der Waals surface area contributed by atoms with E-state index in [1.807, 2.05) is 24.3 Å². The highest BCUT2D eigenvalue weighted by atomic mass is 16.5. The topological polar surface area (TPSA) is 29.5 Å². The third kappa shape index (κ3) is 3.05. The van der Waals surface area contributed by atoms with Crippen LogP contribution in [0.25, 0.3) is 0 Å². The van der Waals surface area contributed by atoms with Crippen LogP contribution < -0.4 is 0 Å². The van der Waals surface area contributed by atoms with Gasteiger partial charge in [0.05, 0.1) is 0 Å². The molecule has 100 valence electrons. The van der Waals surface area contributed by atoms with E-state index in [2.05, 4.69) is 18.5 Å². The summed E-state index contributed by atoms with van der Waals surface area (Å²) in [6.07, 6.45) is 11.4. The molecule has 0 unspecified atom stereocenters. The molecule has 1 aliphatic heterocycles. The monoisotopic (exact) mass is 257 g/mol. The van der Waals surface area contributed by atoms with E-state index in [9.17, 15) is 4.79 Å². The molecule has 3 nitrogen and oxygen atoms in total. The zero-order valence-corrected chi connectivity index (χ0v) is 11.5. The number of carbonyl (C=O) groups excluding carboxylic acids is 1. The molecule has 0 saturated carbocycles. The molecule has 2 aliphatic rings. The molecule has 1 aliphatic carbocycles. The van der Waals surface area contributed by atoms with Gasteiger partial charge in [-0.25, -0.2) is 0 Å². The number of ether oxygens (including phenoxy) is 1. The summed E-state index contributed by atoms with van der Waals surface area (Å²) >= 11 is 0. The van der Waals surface area contributed by atoms with E-state index in [-0.39, 0.29) is 5.97 Å². The first-order chi connectivity index (χ1) is 9.11. The van der Waals surface area contributed by atoms with Crippen LogP contribution in [-0.4, -0.2) is 24.5 Å². The van der Waals surface area contributed by atoms with Crippen LogP contribution >= 0.6 is 0 Å². The average molecular weight is 257 g/mol. The predicted octanol–water partition coefficient (Wildman–Crippen LogP) is 3.10. The van der Waals surface area contributed by atoms with Gasteiger partial charge in [-0.3, -0.25) is 4.79 Å². The van der Waals surface area contributed by atoms with Crippen molar-refractivity contribution in [1.82, 2.24) is 4.90 Å². The van der Waals surface area contributed by atoms with E-state index >= 15 is 0 Å². The van der Waals surface area contributed by atoms with E-state index < -0.39 is 0 Å². The molecule has 19 heavy (non-hydrogen) atoms. The van der Waals surface area contributed by atoms with Gasteiger partial charge in [-0.1, -0.05) is 30.9 Å². The third-order valence-corrected chi connectivity index (χ3v) is 3.31. The summed E-state index contributed by atoms with van der Waals surface area (Å²) in [6.45, 7) is 6.10. The van der Waals surface area contributed by atoms with Gasteiger partial charge in [0.15, 0.2) is 0 Å². The summed E-state index contributed by atoms with van der Waals surface area (Å²) in [5.41, 5.74) is 3.65. The molecular weight excluding hydrogens is 238 g/mol. The molecule has 0 N–H and O–H groups in total. The van der Waals surface area contributed by atoms with Gasteiger partial charge in [0.25, 0.3) is 0 Å². The molecule has 1 heterocycles. The van der Waals surface area contributed by atoms with E-state index in [1.165, 1.54) is 18.2 Å². The zero-order chi connectivity index (χ0) is 13.8. The number of nitrogens with zero attached hydrogens (tertiary/aromatic N) is 1. The first-order valence-corrected chi connectivity index (χ1v) is 6.43. The standard InChI is InChI=1S/C16H19NO2/c1-4-5-6-7-14-10-13-8-9-17(3)15(13)11-16(14)19-12(2)18/h4-7,11H,1,8-10H2,2-3H3/b6-5-,14-7+. The molecule has 0 atom stereocenters. The number of esters is 1. The Kier molecular flexibility index (Phi) is 4.05. The number of allylic oxidation sites excluding steroid dienone is 6.